The van der Waals surface area contributed by atoms with Gasteiger partial charge in [0.2, 0.25) is 0 Å². The quantitative estimate of drug-likeness (QED) is 0.0652. The van der Waals surface area contributed by atoms with Crippen molar-refractivity contribution in [3.05, 3.63) is 12.2 Å². The number of hydrogen-bond donors (Lipinski definition) is 0. The topological polar surface area (TPSA) is 157 Å². The second-order valence-electron chi connectivity index (χ2n) is 12.6. The lowest BCUT2D eigenvalue weighted by atomic mass is 10.1. The van der Waals surface area contributed by atoms with Crippen molar-refractivity contribution in [3.63, 3.8) is 0 Å². The fourth-order valence-electron chi connectivity index (χ4n) is 4.89. The molecule has 330 valence electrons. The average molecular weight is 810 g/mol. The third kappa shape index (κ3) is 37.9. The highest BCUT2D eigenvalue weighted by molar-refractivity contribution is 6.12. The molecule has 0 N–H and O–H groups in total. The van der Waals surface area contributed by atoms with Crippen molar-refractivity contribution in [1.29, 1.82) is 0 Å². The zero-order valence-electron chi connectivity index (χ0n) is 34.5. The molecule has 1 rings (SSSR count). The first kappa shape index (κ1) is 52.4. The van der Waals surface area contributed by atoms with E-state index in [-0.39, 0.29) is 25.0 Å². The van der Waals surface area contributed by atoms with Crippen LogP contribution in [0.5, 0.6) is 0 Å². The molecule has 0 aromatic carbocycles. The van der Waals surface area contributed by atoms with Crippen LogP contribution in [0.3, 0.4) is 0 Å². The summed E-state index contributed by atoms with van der Waals surface area (Å²) in [5.41, 5.74) is 0. The Hall–Kier alpha value is -1.64. The van der Waals surface area contributed by atoms with Crippen molar-refractivity contribution in [2.24, 2.45) is 0 Å². The summed E-state index contributed by atoms with van der Waals surface area (Å²) in [6, 6.07) is 0. The van der Waals surface area contributed by atoms with Crippen LogP contribution >= 0.6 is 0 Å². The van der Waals surface area contributed by atoms with Gasteiger partial charge in [-0.15, -0.1) is 0 Å². The summed E-state index contributed by atoms with van der Waals surface area (Å²) < 4.78 is 71.4. The molecule has 0 unspecified atom stereocenters. The van der Waals surface area contributed by atoms with Crippen molar-refractivity contribution in [2.45, 2.75) is 58.3 Å². The molecule has 0 aliphatic carbocycles. The highest BCUT2D eigenvalue weighted by Crippen LogP contribution is 2.08. The third-order valence-electron chi connectivity index (χ3n) is 7.97. The van der Waals surface area contributed by atoms with E-state index in [9.17, 15) is 9.59 Å². The standard InChI is InChI=1S/C40H75NO15/c1-2-3-4-5-6-7-8-9-13-44-15-17-46-19-21-48-23-25-50-27-29-52-31-33-54-35-37-56-38-36-55-34-32-53-30-28-51-26-24-49-22-20-47-18-16-45-14-12-41-39(42)10-11-40(41)43/h10-11H,2-9,12-38H2,1H3. The minimum atomic E-state index is -0.306. The molecular weight excluding hydrogens is 734 g/mol. The Bertz CT molecular complexity index is 852. The van der Waals surface area contributed by atoms with Crippen molar-refractivity contribution in [3.8, 4) is 0 Å². The summed E-state index contributed by atoms with van der Waals surface area (Å²) in [6.07, 6.45) is 13.0. The lowest BCUT2D eigenvalue weighted by Gasteiger charge is -2.13. The Kier molecular flexibility index (Phi) is 41.6. The fourth-order valence-corrected chi connectivity index (χ4v) is 4.89. The van der Waals surface area contributed by atoms with E-state index in [1.165, 1.54) is 57.1 Å². The maximum Gasteiger partial charge on any atom is 0.253 e. The number of carbonyl (C=O) groups is 2. The van der Waals surface area contributed by atoms with E-state index in [2.05, 4.69) is 6.92 Å². The van der Waals surface area contributed by atoms with Crippen LogP contribution in [0.25, 0.3) is 0 Å². The van der Waals surface area contributed by atoms with E-state index < -0.39 is 0 Å². The molecule has 1 aliphatic heterocycles. The Morgan fingerprint density at radius 3 is 0.786 bits per heavy atom. The molecule has 0 saturated carbocycles. The summed E-state index contributed by atoms with van der Waals surface area (Å²) in [5.74, 6) is -0.613. The van der Waals surface area contributed by atoms with E-state index in [4.69, 9.17) is 61.6 Å². The molecule has 0 atom stereocenters. The molecule has 0 bridgehead atoms. The van der Waals surface area contributed by atoms with Gasteiger partial charge in [0.05, 0.1) is 172 Å². The molecule has 0 radical (unpaired) electrons. The smallest absolute Gasteiger partial charge is 0.253 e. The lowest BCUT2D eigenvalue weighted by molar-refractivity contribution is -0.137. The monoisotopic (exact) mass is 810 g/mol. The van der Waals surface area contributed by atoms with Crippen LogP contribution in [0.4, 0.5) is 0 Å². The zero-order chi connectivity index (χ0) is 40.1. The SMILES string of the molecule is CCCCCCCCCCOCCOCCOCCOCCOCCOCCOCCOCCOCCOCCOCCOCCOCCN1C(=O)C=CC1=O. The number of rotatable bonds is 48. The van der Waals surface area contributed by atoms with Gasteiger partial charge in [-0.3, -0.25) is 14.5 Å². The van der Waals surface area contributed by atoms with Crippen molar-refractivity contribution < 1.29 is 71.2 Å². The van der Waals surface area contributed by atoms with Crippen molar-refractivity contribution in [2.75, 3.05) is 178 Å². The molecule has 2 amide bonds. The number of hydrogen-bond acceptors (Lipinski definition) is 15. The van der Waals surface area contributed by atoms with Crippen LogP contribution in [-0.4, -0.2) is 195 Å². The normalized spacial score (nSPS) is 12.9. The second kappa shape index (κ2) is 44.5. The van der Waals surface area contributed by atoms with E-state index in [1.807, 2.05) is 0 Å². The van der Waals surface area contributed by atoms with Gasteiger partial charge in [-0.1, -0.05) is 51.9 Å². The minimum Gasteiger partial charge on any atom is -0.379 e. The highest BCUT2D eigenvalue weighted by atomic mass is 16.6. The average Bonchev–Trinajstić information content (AvgIpc) is 3.53. The molecule has 16 heteroatoms. The van der Waals surface area contributed by atoms with E-state index in [0.717, 1.165) is 17.9 Å². The second-order valence-corrected chi connectivity index (χ2v) is 12.6. The van der Waals surface area contributed by atoms with Gasteiger partial charge >= 0.3 is 0 Å². The van der Waals surface area contributed by atoms with Gasteiger partial charge in [0.1, 0.15) is 0 Å². The van der Waals surface area contributed by atoms with Crippen molar-refractivity contribution in [1.82, 2.24) is 4.90 Å². The first-order chi connectivity index (χ1) is 27.8. The van der Waals surface area contributed by atoms with Crippen LogP contribution in [0.1, 0.15) is 58.3 Å². The van der Waals surface area contributed by atoms with Gasteiger partial charge in [0.15, 0.2) is 0 Å². The number of ether oxygens (including phenoxy) is 13. The van der Waals surface area contributed by atoms with Crippen LogP contribution in [0.2, 0.25) is 0 Å². The summed E-state index contributed by atoms with van der Waals surface area (Å²) in [4.78, 5) is 24.0. The van der Waals surface area contributed by atoms with E-state index in [1.54, 1.807) is 0 Å². The number of carbonyl (C=O) groups excluding carboxylic acids is 2. The van der Waals surface area contributed by atoms with Gasteiger partial charge in [-0.2, -0.15) is 0 Å². The summed E-state index contributed by atoms with van der Waals surface area (Å²) in [6.45, 7) is 15.6. The Balaban J connectivity index is 1.60. The molecule has 0 aromatic heterocycles. The fraction of sp³-hybridized carbons (Fsp3) is 0.900. The molecule has 16 nitrogen and oxygen atoms in total. The zero-order valence-corrected chi connectivity index (χ0v) is 34.5. The first-order valence-corrected chi connectivity index (χ1v) is 20.8. The molecular formula is C40H75NO15. The predicted molar refractivity (Wildman–Crippen MR) is 209 cm³/mol. The molecule has 0 spiro atoms. The number of unbranched alkanes of at least 4 members (excludes halogenated alkanes) is 7. The van der Waals surface area contributed by atoms with Crippen LogP contribution in [0, 0.1) is 0 Å². The van der Waals surface area contributed by atoms with Gasteiger partial charge in [-0.05, 0) is 6.42 Å². The van der Waals surface area contributed by atoms with Crippen LogP contribution < -0.4 is 0 Å². The van der Waals surface area contributed by atoms with Gasteiger partial charge < -0.3 is 61.6 Å². The van der Waals surface area contributed by atoms with Gasteiger partial charge in [-0.25, -0.2) is 0 Å². The Morgan fingerprint density at radius 2 is 0.518 bits per heavy atom. The van der Waals surface area contributed by atoms with Crippen LogP contribution in [0.15, 0.2) is 12.2 Å². The molecule has 0 fully saturated rings. The van der Waals surface area contributed by atoms with Crippen LogP contribution in [-0.2, 0) is 71.2 Å². The third-order valence-corrected chi connectivity index (χ3v) is 7.97. The first-order valence-electron chi connectivity index (χ1n) is 20.8. The van der Waals surface area contributed by atoms with Gasteiger partial charge in [0, 0.05) is 18.8 Å². The summed E-state index contributed by atoms with van der Waals surface area (Å²) in [5, 5.41) is 0. The molecule has 0 aromatic rings. The summed E-state index contributed by atoms with van der Waals surface area (Å²) in [7, 11) is 0. The molecule has 1 heterocycles. The number of imide groups is 1. The van der Waals surface area contributed by atoms with Crippen molar-refractivity contribution >= 4 is 11.8 Å². The molecule has 1 aliphatic rings. The molecule has 56 heavy (non-hydrogen) atoms. The highest BCUT2D eigenvalue weighted by Gasteiger charge is 2.22. The maximum atomic E-state index is 11.4. The lowest BCUT2D eigenvalue weighted by Crippen LogP contribution is -2.33. The number of amides is 2. The Labute approximate surface area is 336 Å². The minimum absolute atomic E-state index is 0.239. The predicted octanol–water partition coefficient (Wildman–Crippen LogP) is 3.27. The number of nitrogens with zero attached hydrogens (tertiary/aromatic N) is 1. The maximum absolute atomic E-state index is 11.4. The Morgan fingerprint density at radius 1 is 0.304 bits per heavy atom. The van der Waals surface area contributed by atoms with E-state index >= 15 is 0 Å². The summed E-state index contributed by atoms with van der Waals surface area (Å²) >= 11 is 0. The largest absolute Gasteiger partial charge is 0.379 e. The van der Waals surface area contributed by atoms with E-state index in [0.29, 0.717) is 159 Å². The molecule has 0 saturated heterocycles. The van der Waals surface area contributed by atoms with Gasteiger partial charge in [0.25, 0.3) is 11.8 Å².